The van der Waals surface area contributed by atoms with Gasteiger partial charge in [-0.1, -0.05) is 30.3 Å². The van der Waals surface area contributed by atoms with Crippen molar-refractivity contribution in [3.8, 4) is 11.5 Å². The molecule has 3 rings (SSSR count). The van der Waals surface area contributed by atoms with Crippen LogP contribution < -0.4 is 9.47 Å². The highest BCUT2D eigenvalue weighted by atomic mass is 16.5. The Labute approximate surface area is 130 Å². The average molecular weight is 300 g/mol. The Bertz CT molecular complexity index is 570. The molecule has 0 radical (unpaired) electrons. The zero-order valence-corrected chi connectivity index (χ0v) is 12.4. The Kier molecular flexibility index (Phi) is 4.61. The summed E-state index contributed by atoms with van der Waals surface area (Å²) in [5.41, 5.74) is 0.903. The van der Waals surface area contributed by atoms with Crippen molar-refractivity contribution in [2.45, 2.75) is 6.61 Å². The quantitative estimate of drug-likeness (QED) is 0.854. The summed E-state index contributed by atoms with van der Waals surface area (Å²) in [5.74, 6) is 1.58. The smallest absolute Gasteiger partial charge is 0.120 e. The maximum absolute atomic E-state index is 9.36. The van der Waals surface area contributed by atoms with E-state index in [9.17, 15) is 5.11 Å². The number of rotatable bonds is 7. The van der Waals surface area contributed by atoms with Crippen LogP contribution in [0.3, 0.4) is 0 Å². The molecule has 1 aliphatic rings. The third kappa shape index (κ3) is 3.59. The molecule has 22 heavy (non-hydrogen) atoms. The number of aliphatic hydroxyl groups is 1. The van der Waals surface area contributed by atoms with Gasteiger partial charge >= 0.3 is 0 Å². The summed E-state index contributed by atoms with van der Waals surface area (Å²) >= 11 is 0. The molecule has 2 aromatic rings. The minimum absolute atomic E-state index is 0.0886. The Morgan fingerprint density at radius 1 is 0.909 bits per heavy atom. The number of benzene rings is 2. The Morgan fingerprint density at radius 3 is 2.09 bits per heavy atom. The fourth-order valence-electron chi connectivity index (χ4n) is 2.22. The van der Waals surface area contributed by atoms with E-state index in [0.29, 0.717) is 26.4 Å². The highest BCUT2D eigenvalue weighted by molar-refractivity contribution is 5.31. The molecule has 1 aliphatic heterocycles. The highest BCUT2D eigenvalue weighted by Gasteiger charge is 2.39. The van der Waals surface area contributed by atoms with Gasteiger partial charge in [0.1, 0.15) is 24.7 Å². The van der Waals surface area contributed by atoms with Crippen LogP contribution in [0.15, 0.2) is 54.6 Å². The summed E-state index contributed by atoms with van der Waals surface area (Å²) in [6.07, 6.45) is 0. The minimum Gasteiger partial charge on any atom is -0.493 e. The van der Waals surface area contributed by atoms with Gasteiger partial charge in [0.2, 0.25) is 0 Å². The largest absolute Gasteiger partial charge is 0.493 e. The van der Waals surface area contributed by atoms with E-state index >= 15 is 0 Å². The van der Waals surface area contributed by atoms with Gasteiger partial charge in [-0.05, 0) is 29.8 Å². The molecule has 4 nitrogen and oxygen atoms in total. The van der Waals surface area contributed by atoms with Gasteiger partial charge < -0.3 is 19.3 Å². The molecule has 1 fully saturated rings. The molecule has 1 saturated heterocycles. The molecule has 0 unspecified atom stereocenters. The van der Waals surface area contributed by atoms with Crippen LogP contribution in [0.5, 0.6) is 11.5 Å². The van der Waals surface area contributed by atoms with Crippen LogP contribution >= 0.6 is 0 Å². The SMILES string of the molecule is OCC1(COc2ccc(OCc3ccccc3)cc2)COC1. The van der Waals surface area contributed by atoms with Gasteiger partial charge in [-0.15, -0.1) is 0 Å². The summed E-state index contributed by atoms with van der Waals surface area (Å²) in [6, 6.07) is 17.6. The van der Waals surface area contributed by atoms with Crippen molar-refractivity contribution < 1.29 is 19.3 Å². The average Bonchev–Trinajstić information content (AvgIpc) is 2.54. The molecule has 0 spiro atoms. The third-order valence-corrected chi connectivity index (χ3v) is 3.77. The molecule has 0 aromatic heterocycles. The molecule has 0 amide bonds. The molecule has 2 aromatic carbocycles. The Hall–Kier alpha value is -2.04. The number of ether oxygens (including phenoxy) is 3. The summed E-state index contributed by atoms with van der Waals surface area (Å²) in [7, 11) is 0. The van der Waals surface area contributed by atoms with Crippen LogP contribution in [0.4, 0.5) is 0 Å². The predicted molar refractivity (Wildman–Crippen MR) is 83.0 cm³/mol. The Balaban J connectivity index is 1.50. The second-order valence-corrected chi connectivity index (χ2v) is 5.69. The number of aliphatic hydroxyl groups excluding tert-OH is 1. The van der Waals surface area contributed by atoms with Crippen LogP contribution in [0.1, 0.15) is 5.56 Å². The normalized spacial score (nSPS) is 15.9. The van der Waals surface area contributed by atoms with Crippen molar-refractivity contribution in [3.05, 3.63) is 60.2 Å². The fourth-order valence-corrected chi connectivity index (χ4v) is 2.22. The monoisotopic (exact) mass is 300 g/mol. The second-order valence-electron chi connectivity index (χ2n) is 5.69. The predicted octanol–water partition coefficient (Wildman–Crippen LogP) is 2.65. The first kappa shape index (κ1) is 14.9. The van der Waals surface area contributed by atoms with Gasteiger partial charge in [0, 0.05) is 0 Å². The summed E-state index contributed by atoms with van der Waals surface area (Å²) in [4.78, 5) is 0. The van der Waals surface area contributed by atoms with E-state index in [1.165, 1.54) is 0 Å². The summed E-state index contributed by atoms with van der Waals surface area (Å²) in [5, 5.41) is 9.36. The van der Waals surface area contributed by atoms with E-state index in [1.807, 2.05) is 54.6 Å². The highest BCUT2D eigenvalue weighted by Crippen LogP contribution is 2.28. The van der Waals surface area contributed by atoms with Gasteiger partial charge in [0.25, 0.3) is 0 Å². The van der Waals surface area contributed by atoms with Gasteiger partial charge in [-0.3, -0.25) is 0 Å². The molecule has 0 saturated carbocycles. The van der Waals surface area contributed by atoms with Gasteiger partial charge in [0.15, 0.2) is 0 Å². The van der Waals surface area contributed by atoms with E-state index in [4.69, 9.17) is 14.2 Å². The molecule has 1 heterocycles. The van der Waals surface area contributed by atoms with E-state index in [-0.39, 0.29) is 12.0 Å². The van der Waals surface area contributed by atoms with E-state index < -0.39 is 0 Å². The van der Waals surface area contributed by atoms with Crippen LogP contribution in [0.2, 0.25) is 0 Å². The van der Waals surface area contributed by atoms with Gasteiger partial charge in [-0.2, -0.15) is 0 Å². The minimum atomic E-state index is -0.234. The summed E-state index contributed by atoms with van der Waals surface area (Å²) < 4.78 is 16.6. The topological polar surface area (TPSA) is 47.9 Å². The van der Waals surface area contributed by atoms with Crippen LogP contribution in [-0.4, -0.2) is 31.5 Å². The first-order valence-corrected chi connectivity index (χ1v) is 7.38. The molecular formula is C18H20O4. The van der Waals surface area contributed by atoms with Gasteiger partial charge in [-0.25, -0.2) is 0 Å². The lowest BCUT2D eigenvalue weighted by molar-refractivity contribution is -0.153. The molecule has 4 heteroatoms. The fraction of sp³-hybridized carbons (Fsp3) is 0.333. The van der Waals surface area contributed by atoms with E-state index in [0.717, 1.165) is 17.1 Å². The van der Waals surface area contributed by atoms with Gasteiger partial charge in [0.05, 0.1) is 25.2 Å². The lowest BCUT2D eigenvalue weighted by Gasteiger charge is -2.39. The summed E-state index contributed by atoms with van der Waals surface area (Å²) in [6.45, 7) is 2.22. The van der Waals surface area contributed by atoms with Crippen LogP contribution in [0.25, 0.3) is 0 Å². The standard InChI is InChI=1S/C18H20O4/c19-11-18(12-20-13-18)14-22-17-8-6-16(7-9-17)21-10-15-4-2-1-3-5-15/h1-9,19H,10-14H2. The van der Waals surface area contributed by atoms with E-state index in [1.54, 1.807) is 0 Å². The third-order valence-electron chi connectivity index (χ3n) is 3.77. The zero-order chi connectivity index (χ0) is 15.3. The second kappa shape index (κ2) is 6.81. The van der Waals surface area contributed by atoms with Crippen molar-refractivity contribution in [2.24, 2.45) is 5.41 Å². The number of hydrogen-bond donors (Lipinski definition) is 1. The van der Waals surface area contributed by atoms with E-state index in [2.05, 4.69) is 0 Å². The number of hydrogen-bond acceptors (Lipinski definition) is 4. The molecule has 0 bridgehead atoms. The van der Waals surface area contributed by atoms with Crippen molar-refractivity contribution in [1.82, 2.24) is 0 Å². The molecular weight excluding hydrogens is 280 g/mol. The van der Waals surface area contributed by atoms with Crippen molar-refractivity contribution in [1.29, 1.82) is 0 Å². The Morgan fingerprint density at radius 2 is 1.55 bits per heavy atom. The molecule has 116 valence electrons. The first-order valence-electron chi connectivity index (χ1n) is 7.38. The van der Waals surface area contributed by atoms with Crippen LogP contribution in [-0.2, 0) is 11.3 Å². The molecule has 1 N–H and O–H groups in total. The maximum Gasteiger partial charge on any atom is 0.120 e. The molecule has 0 atom stereocenters. The van der Waals surface area contributed by atoms with Crippen molar-refractivity contribution >= 4 is 0 Å². The van der Waals surface area contributed by atoms with Crippen molar-refractivity contribution in [3.63, 3.8) is 0 Å². The molecule has 0 aliphatic carbocycles. The first-order chi connectivity index (χ1) is 10.8. The zero-order valence-electron chi connectivity index (χ0n) is 12.4. The van der Waals surface area contributed by atoms with Crippen molar-refractivity contribution in [2.75, 3.05) is 26.4 Å². The lowest BCUT2D eigenvalue weighted by atomic mass is 9.88. The maximum atomic E-state index is 9.36. The van der Waals surface area contributed by atoms with Crippen LogP contribution in [0, 0.1) is 5.41 Å². The lowest BCUT2D eigenvalue weighted by Crippen LogP contribution is -2.49.